The Bertz CT molecular complexity index is 1020. The van der Waals surface area contributed by atoms with Crippen LogP contribution in [0.4, 0.5) is 0 Å². The third-order valence-electron chi connectivity index (χ3n) is 5.28. The van der Waals surface area contributed by atoms with E-state index in [0.29, 0.717) is 39.7 Å². The zero-order valence-electron chi connectivity index (χ0n) is 16.0. The molecule has 0 radical (unpaired) electrons. The van der Waals surface area contributed by atoms with E-state index in [-0.39, 0.29) is 0 Å². The van der Waals surface area contributed by atoms with Crippen LogP contribution in [0.5, 0.6) is 11.5 Å². The van der Waals surface area contributed by atoms with Crippen LogP contribution < -0.4 is 16.2 Å². The van der Waals surface area contributed by atoms with E-state index in [0.717, 1.165) is 24.1 Å². The normalized spacial score (nSPS) is 18.1. The minimum atomic E-state index is 0.377. The molecule has 148 valence electrons. The number of rotatable bonds is 5. The van der Waals surface area contributed by atoms with Gasteiger partial charge in [-0.3, -0.25) is 0 Å². The molecule has 4 N–H and O–H groups in total. The van der Waals surface area contributed by atoms with Gasteiger partial charge in [-0.1, -0.05) is 36.7 Å². The first-order valence-corrected chi connectivity index (χ1v) is 9.93. The van der Waals surface area contributed by atoms with Crippen LogP contribution in [0.25, 0.3) is 5.70 Å². The molecule has 29 heavy (non-hydrogen) atoms. The van der Waals surface area contributed by atoms with Crippen molar-refractivity contribution in [3.05, 3.63) is 89.5 Å². The number of aliphatic imine (C=N–C) groups is 1. The Hall–Kier alpha value is -3.18. The van der Waals surface area contributed by atoms with Gasteiger partial charge in [-0.2, -0.15) is 0 Å². The van der Waals surface area contributed by atoms with Crippen LogP contribution in [0.15, 0.2) is 83.9 Å². The standard InChI is InChI=1S/C23H23ClN4O/c1-15(16-5-4-6-16)28-14-13-27-23(26)22(28)21(25)17-9-11-18(12-10-17)29-20-8-3-2-7-19(20)24/h2-3,7-14,16H,1,4-6,25H2,(H2,26,27)/b22-21-. The molecule has 4 rings (SSSR count). The first-order chi connectivity index (χ1) is 14.0. The molecule has 1 aliphatic carbocycles. The Morgan fingerprint density at radius 2 is 1.86 bits per heavy atom. The Morgan fingerprint density at radius 3 is 2.52 bits per heavy atom. The van der Waals surface area contributed by atoms with Crippen molar-refractivity contribution in [3.8, 4) is 11.5 Å². The number of allylic oxidation sites excluding steroid dienone is 1. The summed E-state index contributed by atoms with van der Waals surface area (Å²) in [5.41, 5.74) is 15.7. The number of para-hydroxylation sites is 1. The zero-order chi connectivity index (χ0) is 20.4. The second kappa shape index (κ2) is 8.05. The molecule has 6 heteroatoms. The van der Waals surface area contributed by atoms with E-state index in [1.807, 2.05) is 53.6 Å². The van der Waals surface area contributed by atoms with Crippen molar-refractivity contribution in [1.29, 1.82) is 0 Å². The van der Waals surface area contributed by atoms with Crippen LogP contribution >= 0.6 is 11.6 Å². The van der Waals surface area contributed by atoms with Crippen molar-refractivity contribution in [2.45, 2.75) is 19.3 Å². The molecule has 0 spiro atoms. The molecule has 0 unspecified atom stereocenters. The molecule has 2 aliphatic rings. The van der Waals surface area contributed by atoms with Crippen molar-refractivity contribution in [2.24, 2.45) is 22.4 Å². The van der Waals surface area contributed by atoms with Crippen molar-refractivity contribution < 1.29 is 4.74 Å². The molecule has 5 nitrogen and oxygen atoms in total. The summed E-state index contributed by atoms with van der Waals surface area (Å²) < 4.78 is 5.85. The van der Waals surface area contributed by atoms with Gasteiger partial charge in [0, 0.05) is 18.1 Å². The van der Waals surface area contributed by atoms with E-state index in [4.69, 9.17) is 27.8 Å². The van der Waals surface area contributed by atoms with E-state index < -0.39 is 0 Å². The smallest absolute Gasteiger partial charge is 0.149 e. The van der Waals surface area contributed by atoms with Crippen LogP contribution in [-0.4, -0.2) is 10.7 Å². The van der Waals surface area contributed by atoms with Gasteiger partial charge in [0.25, 0.3) is 0 Å². The van der Waals surface area contributed by atoms with Crippen molar-refractivity contribution in [3.63, 3.8) is 0 Å². The number of ether oxygens (including phenoxy) is 1. The molecule has 0 amide bonds. The average Bonchev–Trinajstić information content (AvgIpc) is 2.68. The lowest BCUT2D eigenvalue weighted by atomic mass is 9.82. The minimum Gasteiger partial charge on any atom is -0.456 e. The van der Waals surface area contributed by atoms with Crippen molar-refractivity contribution >= 4 is 23.1 Å². The number of nitrogens with zero attached hydrogens (tertiary/aromatic N) is 2. The third kappa shape index (κ3) is 3.87. The molecular formula is C23H23ClN4O. The summed E-state index contributed by atoms with van der Waals surface area (Å²) in [4.78, 5) is 6.20. The van der Waals surface area contributed by atoms with Gasteiger partial charge in [0.15, 0.2) is 0 Å². The van der Waals surface area contributed by atoms with Crippen molar-refractivity contribution in [2.75, 3.05) is 0 Å². The minimum absolute atomic E-state index is 0.377. The number of halogens is 1. The Kier molecular flexibility index (Phi) is 5.32. The van der Waals surface area contributed by atoms with E-state index in [9.17, 15) is 0 Å². The van der Waals surface area contributed by atoms with Crippen LogP contribution in [-0.2, 0) is 0 Å². The predicted octanol–water partition coefficient (Wildman–Crippen LogP) is 5.22. The summed E-state index contributed by atoms with van der Waals surface area (Å²) in [6.07, 6.45) is 7.06. The summed E-state index contributed by atoms with van der Waals surface area (Å²) in [5, 5.41) is 0.557. The molecule has 1 saturated carbocycles. The highest BCUT2D eigenvalue weighted by Crippen LogP contribution is 2.37. The summed E-state index contributed by atoms with van der Waals surface area (Å²) in [7, 11) is 0. The summed E-state index contributed by atoms with van der Waals surface area (Å²) in [6.45, 7) is 4.27. The second-order valence-electron chi connectivity index (χ2n) is 7.12. The van der Waals surface area contributed by atoms with Gasteiger partial charge >= 0.3 is 0 Å². The van der Waals surface area contributed by atoms with Gasteiger partial charge < -0.3 is 21.1 Å². The Labute approximate surface area is 175 Å². The van der Waals surface area contributed by atoms with Gasteiger partial charge in [0.2, 0.25) is 0 Å². The van der Waals surface area contributed by atoms with Crippen LogP contribution in [0.1, 0.15) is 24.8 Å². The molecule has 2 aromatic rings. The fourth-order valence-corrected chi connectivity index (χ4v) is 3.55. The molecule has 0 saturated heterocycles. The fraction of sp³-hybridized carbons (Fsp3) is 0.174. The third-order valence-corrected chi connectivity index (χ3v) is 5.60. The first kappa shape index (κ1) is 19.2. The largest absolute Gasteiger partial charge is 0.456 e. The van der Waals surface area contributed by atoms with Crippen LogP contribution in [0, 0.1) is 5.92 Å². The van der Waals surface area contributed by atoms with Crippen molar-refractivity contribution in [1.82, 2.24) is 4.90 Å². The zero-order valence-corrected chi connectivity index (χ0v) is 16.8. The average molecular weight is 407 g/mol. The fourth-order valence-electron chi connectivity index (χ4n) is 3.38. The highest BCUT2D eigenvalue weighted by Gasteiger charge is 2.28. The van der Waals surface area contributed by atoms with Crippen LogP contribution in [0.3, 0.4) is 0 Å². The molecule has 2 aromatic carbocycles. The van der Waals surface area contributed by atoms with Crippen LogP contribution in [0.2, 0.25) is 5.02 Å². The molecular weight excluding hydrogens is 384 g/mol. The molecule has 0 atom stereocenters. The topological polar surface area (TPSA) is 76.9 Å². The highest BCUT2D eigenvalue weighted by atomic mass is 35.5. The quantitative estimate of drug-likeness (QED) is 0.713. The Balaban J connectivity index is 1.61. The molecule has 0 aromatic heterocycles. The van der Waals surface area contributed by atoms with E-state index >= 15 is 0 Å². The number of hydrogen-bond acceptors (Lipinski definition) is 5. The Morgan fingerprint density at radius 1 is 1.14 bits per heavy atom. The monoisotopic (exact) mass is 406 g/mol. The maximum Gasteiger partial charge on any atom is 0.149 e. The lowest BCUT2D eigenvalue weighted by Crippen LogP contribution is -2.35. The number of nitrogens with two attached hydrogens (primary N) is 2. The van der Waals surface area contributed by atoms with Gasteiger partial charge in [0.1, 0.15) is 23.0 Å². The van der Waals surface area contributed by atoms with Gasteiger partial charge in [-0.25, -0.2) is 4.99 Å². The molecule has 1 aliphatic heterocycles. The second-order valence-corrected chi connectivity index (χ2v) is 7.53. The lowest BCUT2D eigenvalue weighted by molar-refractivity contribution is 0.317. The van der Waals surface area contributed by atoms with E-state index in [2.05, 4.69) is 11.6 Å². The van der Waals surface area contributed by atoms with E-state index in [1.54, 1.807) is 12.3 Å². The molecule has 1 heterocycles. The molecule has 1 fully saturated rings. The predicted molar refractivity (Wildman–Crippen MR) is 118 cm³/mol. The summed E-state index contributed by atoms with van der Waals surface area (Å²) in [6, 6.07) is 14.8. The lowest BCUT2D eigenvalue weighted by Gasteiger charge is -2.36. The maximum atomic E-state index is 6.51. The maximum absolute atomic E-state index is 6.51. The van der Waals surface area contributed by atoms with Gasteiger partial charge in [-0.15, -0.1) is 0 Å². The highest BCUT2D eigenvalue weighted by molar-refractivity contribution is 6.32. The summed E-state index contributed by atoms with van der Waals surface area (Å²) >= 11 is 6.16. The summed E-state index contributed by atoms with van der Waals surface area (Å²) in [5.74, 6) is 2.10. The van der Waals surface area contributed by atoms with E-state index in [1.165, 1.54) is 6.42 Å². The molecule has 0 bridgehead atoms. The number of benzene rings is 2. The first-order valence-electron chi connectivity index (χ1n) is 9.55. The number of amidine groups is 1. The SMILES string of the molecule is C=C(C1CCC1)N1C=CN=C(N)/C1=C(/N)c1ccc(Oc2ccccc2Cl)cc1. The van der Waals surface area contributed by atoms with Gasteiger partial charge in [-0.05, 0) is 60.7 Å². The number of hydrogen-bond donors (Lipinski definition) is 2. The van der Waals surface area contributed by atoms with Gasteiger partial charge in [0.05, 0.1) is 10.7 Å².